The summed E-state index contributed by atoms with van der Waals surface area (Å²) in [5, 5.41) is 3.32. The SMILES string of the molecule is CN(CCCNC1CC1)S(=O)(=O)Nc1ccccc1F. The summed E-state index contributed by atoms with van der Waals surface area (Å²) in [7, 11) is -2.22. The lowest BCUT2D eigenvalue weighted by molar-refractivity contribution is 0.457. The topological polar surface area (TPSA) is 61.4 Å². The molecule has 1 saturated carbocycles. The van der Waals surface area contributed by atoms with Gasteiger partial charge in [0.1, 0.15) is 5.82 Å². The van der Waals surface area contributed by atoms with Crippen molar-refractivity contribution in [3.63, 3.8) is 0 Å². The van der Waals surface area contributed by atoms with Crippen molar-refractivity contribution < 1.29 is 12.8 Å². The van der Waals surface area contributed by atoms with Crippen LogP contribution in [0.5, 0.6) is 0 Å². The molecule has 0 aromatic heterocycles. The first-order valence-corrected chi connectivity index (χ1v) is 8.15. The zero-order valence-electron chi connectivity index (χ0n) is 11.5. The molecule has 1 aromatic rings. The van der Waals surface area contributed by atoms with Crippen molar-refractivity contribution >= 4 is 15.9 Å². The summed E-state index contributed by atoms with van der Waals surface area (Å²) in [6, 6.07) is 6.33. The third-order valence-corrected chi connectivity index (χ3v) is 4.66. The van der Waals surface area contributed by atoms with Crippen LogP contribution >= 0.6 is 0 Å². The van der Waals surface area contributed by atoms with E-state index in [1.54, 1.807) is 6.07 Å². The normalized spacial score (nSPS) is 15.6. The van der Waals surface area contributed by atoms with Crippen LogP contribution in [0.2, 0.25) is 0 Å². The van der Waals surface area contributed by atoms with Crippen LogP contribution in [0.1, 0.15) is 19.3 Å². The standard InChI is InChI=1S/C13H20FN3O2S/c1-17(10-4-9-15-11-7-8-11)20(18,19)16-13-6-3-2-5-12(13)14/h2-3,5-6,11,15-16H,4,7-10H2,1H3. The highest BCUT2D eigenvalue weighted by Gasteiger charge is 2.21. The fourth-order valence-electron chi connectivity index (χ4n) is 1.78. The number of hydrogen-bond acceptors (Lipinski definition) is 3. The van der Waals surface area contributed by atoms with Gasteiger partial charge in [-0.1, -0.05) is 12.1 Å². The first-order valence-electron chi connectivity index (χ1n) is 6.71. The molecule has 7 heteroatoms. The van der Waals surface area contributed by atoms with Gasteiger partial charge < -0.3 is 5.32 Å². The van der Waals surface area contributed by atoms with E-state index >= 15 is 0 Å². The maximum atomic E-state index is 13.4. The molecule has 1 aliphatic carbocycles. The van der Waals surface area contributed by atoms with Crippen LogP contribution in [-0.4, -0.2) is 38.9 Å². The average molecular weight is 301 g/mol. The van der Waals surface area contributed by atoms with E-state index < -0.39 is 16.0 Å². The van der Waals surface area contributed by atoms with Crippen molar-refractivity contribution in [2.24, 2.45) is 0 Å². The van der Waals surface area contributed by atoms with E-state index in [-0.39, 0.29) is 5.69 Å². The molecule has 0 radical (unpaired) electrons. The zero-order valence-corrected chi connectivity index (χ0v) is 12.3. The Morgan fingerprint density at radius 2 is 2.05 bits per heavy atom. The second-order valence-corrected chi connectivity index (χ2v) is 6.77. The fraction of sp³-hybridized carbons (Fsp3) is 0.538. The largest absolute Gasteiger partial charge is 0.314 e. The van der Waals surface area contributed by atoms with Crippen LogP contribution in [0.15, 0.2) is 24.3 Å². The Labute approximate surface area is 119 Å². The van der Waals surface area contributed by atoms with Gasteiger partial charge in [0.15, 0.2) is 0 Å². The minimum absolute atomic E-state index is 0.0320. The Hall–Kier alpha value is -1.18. The summed E-state index contributed by atoms with van der Waals surface area (Å²) in [4.78, 5) is 0. The van der Waals surface area contributed by atoms with E-state index in [2.05, 4.69) is 10.0 Å². The minimum Gasteiger partial charge on any atom is -0.314 e. The number of rotatable bonds is 8. The molecule has 0 amide bonds. The van der Waals surface area contributed by atoms with Gasteiger partial charge in [-0.05, 0) is 37.9 Å². The molecule has 1 aliphatic rings. The molecule has 2 rings (SSSR count). The lowest BCUT2D eigenvalue weighted by Crippen LogP contribution is -2.34. The Morgan fingerprint density at radius 1 is 1.35 bits per heavy atom. The maximum absolute atomic E-state index is 13.4. The van der Waals surface area contributed by atoms with Crippen LogP contribution in [-0.2, 0) is 10.2 Å². The zero-order chi connectivity index (χ0) is 14.6. The minimum atomic E-state index is -3.71. The second-order valence-electron chi connectivity index (χ2n) is 4.99. The number of anilines is 1. The van der Waals surface area contributed by atoms with Crippen molar-refractivity contribution in [3.05, 3.63) is 30.1 Å². The van der Waals surface area contributed by atoms with Gasteiger partial charge in [0.2, 0.25) is 0 Å². The van der Waals surface area contributed by atoms with Gasteiger partial charge in [0.25, 0.3) is 0 Å². The molecule has 0 heterocycles. The highest BCUT2D eigenvalue weighted by Crippen LogP contribution is 2.18. The molecule has 0 saturated heterocycles. The van der Waals surface area contributed by atoms with Gasteiger partial charge in [-0.3, -0.25) is 4.72 Å². The maximum Gasteiger partial charge on any atom is 0.301 e. The Kier molecular flexibility index (Phi) is 4.95. The quantitative estimate of drug-likeness (QED) is 0.716. The van der Waals surface area contributed by atoms with Crippen molar-refractivity contribution in [1.82, 2.24) is 9.62 Å². The lowest BCUT2D eigenvalue weighted by atomic mass is 10.3. The lowest BCUT2D eigenvalue weighted by Gasteiger charge is -2.18. The van der Waals surface area contributed by atoms with E-state index in [1.807, 2.05) is 0 Å². The van der Waals surface area contributed by atoms with E-state index in [0.717, 1.165) is 13.0 Å². The summed E-state index contributed by atoms with van der Waals surface area (Å²) in [6.45, 7) is 1.19. The summed E-state index contributed by atoms with van der Waals surface area (Å²) in [5.41, 5.74) is -0.0320. The number of hydrogen-bond donors (Lipinski definition) is 2. The van der Waals surface area contributed by atoms with Gasteiger partial charge in [-0.25, -0.2) is 4.39 Å². The second kappa shape index (κ2) is 6.51. The van der Waals surface area contributed by atoms with Gasteiger partial charge in [0, 0.05) is 19.6 Å². The number of halogens is 1. The third kappa shape index (κ3) is 4.43. The van der Waals surface area contributed by atoms with Crippen LogP contribution in [0.25, 0.3) is 0 Å². The summed E-state index contributed by atoms with van der Waals surface area (Å²) in [5.74, 6) is -0.583. The highest BCUT2D eigenvalue weighted by molar-refractivity contribution is 7.90. The number of nitrogens with one attached hydrogen (secondary N) is 2. The summed E-state index contributed by atoms with van der Waals surface area (Å²) >= 11 is 0. The predicted octanol–water partition coefficient (Wildman–Crippen LogP) is 1.56. The molecule has 0 aliphatic heterocycles. The van der Waals surface area contributed by atoms with Crippen LogP contribution in [0.4, 0.5) is 10.1 Å². The first kappa shape index (κ1) is 15.2. The monoisotopic (exact) mass is 301 g/mol. The molecule has 0 atom stereocenters. The van der Waals surface area contributed by atoms with Gasteiger partial charge in [0.05, 0.1) is 5.69 Å². The van der Waals surface area contributed by atoms with E-state index in [9.17, 15) is 12.8 Å². The molecular weight excluding hydrogens is 281 g/mol. The third-order valence-electron chi connectivity index (χ3n) is 3.18. The molecule has 1 fully saturated rings. The fourth-order valence-corrected chi connectivity index (χ4v) is 2.75. The summed E-state index contributed by atoms with van der Waals surface area (Å²) < 4.78 is 40.9. The molecule has 0 unspecified atom stereocenters. The first-order chi connectivity index (χ1) is 9.49. The van der Waals surface area contributed by atoms with E-state index in [4.69, 9.17) is 0 Å². The van der Waals surface area contributed by atoms with Crippen molar-refractivity contribution in [2.75, 3.05) is 24.9 Å². The van der Waals surface area contributed by atoms with E-state index in [1.165, 1.54) is 42.4 Å². The van der Waals surface area contributed by atoms with Crippen LogP contribution < -0.4 is 10.0 Å². The molecule has 0 spiro atoms. The number of nitrogens with zero attached hydrogens (tertiary/aromatic N) is 1. The molecule has 0 bridgehead atoms. The molecule has 1 aromatic carbocycles. The van der Waals surface area contributed by atoms with Crippen molar-refractivity contribution in [1.29, 1.82) is 0 Å². The predicted molar refractivity (Wildman–Crippen MR) is 77.2 cm³/mol. The number of para-hydroxylation sites is 1. The molecule has 20 heavy (non-hydrogen) atoms. The Morgan fingerprint density at radius 3 is 2.70 bits per heavy atom. The van der Waals surface area contributed by atoms with Gasteiger partial charge in [-0.15, -0.1) is 0 Å². The smallest absolute Gasteiger partial charge is 0.301 e. The highest BCUT2D eigenvalue weighted by atomic mass is 32.2. The Balaban J connectivity index is 1.83. The number of benzene rings is 1. The Bertz CT molecular complexity index is 546. The van der Waals surface area contributed by atoms with Crippen molar-refractivity contribution in [3.8, 4) is 0 Å². The summed E-state index contributed by atoms with van der Waals surface area (Å²) in [6.07, 6.45) is 3.15. The molecule has 2 N–H and O–H groups in total. The average Bonchev–Trinajstić information content (AvgIpc) is 3.21. The molecular formula is C13H20FN3O2S. The van der Waals surface area contributed by atoms with Gasteiger partial charge in [-0.2, -0.15) is 12.7 Å². The molecule has 5 nitrogen and oxygen atoms in total. The van der Waals surface area contributed by atoms with Gasteiger partial charge >= 0.3 is 10.2 Å². The van der Waals surface area contributed by atoms with Crippen LogP contribution in [0, 0.1) is 5.82 Å². The van der Waals surface area contributed by atoms with Crippen molar-refractivity contribution in [2.45, 2.75) is 25.3 Å². The van der Waals surface area contributed by atoms with E-state index in [0.29, 0.717) is 12.6 Å². The van der Waals surface area contributed by atoms with Crippen LogP contribution in [0.3, 0.4) is 0 Å². The molecule has 112 valence electrons.